The van der Waals surface area contributed by atoms with Gasteiger partial charge in [0.05, 0.1) is 18.3 Å². The standard InChI is InChI=1S/C23H19ClN4O4/c1-3-19(29)22-21(14-7-5-4-6-8-14)18-11-15(24)9-10-17(18)23(30)27(22)13-16-12-20(28(31)32)26(2)25-16/h4-12H,3,13H2,1-2H3. The van der Waals surface area contributed by atoms with Crippen LogP contribution in [-0.4, -0.2) is 25.1 Å². The highest BCUT2D eigenvalue weighted by Crippen LogP contribution is 2.33. The molecule has 0 aliphatic carbocycles. The molecule has 4 rings (SSSR count). The number of aryl methyl sites for hydroxylation is 1. The van der Waals surface area contributed by atoms with Gasteiger partial charge in [-0.05, 0) is 34.1 Å². The van der Waals surface area contributed by atoms with Gasteiger partial charge in [-0.1, -0.05) is 54.0 Å². The number of pyridine rings is 1. The largest absolute Gasteiger partial charge is 0.358 e. The van der Waals surface area contributed by atoms with Crippen LogP contribution in [0.1, 0.15) is 29.5 Å². The van der Waals surface area contributed by atoms with Crippen molar-refractivity contribution in [1.29, 1.82) is 0 Å². The maximum Gasteiger partial charge on any atom is 0.344 e. The van der Waals surface area contributed by atoms with Crippen LogP contribution >= 0.6 is 11.6 Å². The number of halogens is 1. The number of hydrogen-bond donors (Lipinski definition) is 0. The van der Waals surface area contributed by atoms with Gasteiger partial charge in [0.2, 0.25) is 0 Å². The molecule has 9 heteroatoms. The summed E-state index contributed by atoms with van der Waals surface area (Å²) < 4.78 is 2.50. The Kier molecular flexibility index (Phi) is 5.63. The molecule has 4 aromatic rings. The second-order valence-electron chi connectivity index (χ2n) is 7.32. The van der Waals surface area contributed by atoms with Crippen molar-refractivity contribution in [1.82, 2.24) is 14.3 Å². The zero-order valence-electron chi connectivity index (χ0n) is 17.4. The third-order valence-corrected chi connectivity index (χ3v) is 5.53. The van der Waals surface area contributed by atoms with Crippen molar-refractivity contribution in [3.8, 4) is 11.1 Å². The molecular weight excluding hydrogens is 432 g/mol. The Hall–Kier alpha value is -3.78. The van der Waals surface area contributed by atoms with Crippen LogP contribution in [0.3, 0.4) is 0 Å². The summed E-state index contributed by atoms with van der Waals surface area (Å²) in [5.74, 6) is -0.430. The lowest BCUT2D eigenvalue weighted by Gasteiger charge is -2.18. The van der Waals surface area contributed by atoms with Gasteiger partial charge in [-0.15, -0.1) is 4.68 Å². The van der Waals surface area contributed by atoms with Crippen molar-refractivity contribution in [2.75, 3.05) is 0 Å². The van der Waals surface area contributed by atoms with Gasteiger partial charge in [0.25, 0.3) is 5.56 Å². The number of aromatic nitrogens is 3. The van der Waals surface area contributed by atoms with Crippen molar-refractivity contribution in [2.24, 2.45) is 7.05 Å². The van der Waals surface area contributed by atoms with Gasteiger partial charge in [0, 0.05) is 22.4 Å². The highest BCUT2D eigenvalue weighted by molar-refractivity contribution is 6.31. The lowest BCUT2D eigenvalue weighted by Crippen LogP contribution is -2.28. The van der Waals surface area contributed by atoms with Crippen LogP contribution < -0.4 is 5.56 Å². The molecule has 2 aromatic heterocycles. The Morgan fingerprint density at radius 3 is 2.47 bits per heavy atom. The highest BCUT2D eigenvalue weighted by Gasteiger charge is 2.24. The molecule has 0 N–H and O–H groups in total. The molecule has 162 valence electrons. The lowest BCUT2D eigenvalue weighted by atomic mass is 9.94. The monoisotopic (exact) mass is 450 g/mol. The second kappa shape index (κ2) is 8.39. The van der Waals surface area contributed by atoms with E-state index >= 15 is 0 Å². The summed E-state index contributed by atoms with van der Waals surface area (Å²) in [6.45, 7) is 1.64. The van der Waals surface area contributed by atoms with Gasteiger partial charge in [0.15, 0.2) is 5.78 Å². The highest BCUT2D eigenvalue weighted by atomic mass is 35.5. The van der Waals surface area contributed by atoms with E-state index in [0.717, 1.165) is 10.2 Å². The van der Waals surface area contributed by atoms with Gasteiger partial charge in [-0.3, -0.25) is 14.2 Å². The van der Waals surface area contributed by atoms with Gasteiger partial charge >= 0.3 is 5.82 Å². The van der Waals surface area contributed by atoms with Crippen molar-refractivity contribution in [2.45, 2.75) is 19.9 Å². The fraction of sp³-hybridized carbons (Fsp3) is 0.174. The minimum absolute atomic E-state index is 0.0833. The number of nitro groups is 1. The van der Waals surface area contributed by atoms with E-state index in [4.69, 9.17) is 11.6 Å². The van der Waals surface area contributed by atoms with Crippen LogP contribution in [0, 0.1) is 10.1 Å². The van der Waals surface area contributed by atoms with Crippen LogP contribution in [-0.2, 0) is 13.6 Å². The summed E-state index contributed by atoms with van der Waals surface area (Å²) in [6, 6.07) is 15.5. The predicted molar refractivity (Wildman–Crippen MR) is 122 cm³/mol. The fourth-order valence-electron chi connectivity index (χ4n) is 3.85. The molecule has 0 fully saturated rings. The van der Waals surface area contributed by atoms with E-state index in [1.807, 2.05) is 30.3 Å². The molecule has 0 aliphatic rings. The van der Waals surface area contributed by atoms with Crippen molar-refractivity contribution in [3.05, 3.63) is 91.5 Å². The first-order valence-corrected chi connectivity index (χ1v) is 10.3. The predicted octanol–water partition coefficient (Wildman–Crippen LogP) is 4.60. The third kappa shape index (κ3) is 3.69. The fourth-order valence-corrected chi connectivity index (χ4v) is 4.02. The number of carbonyl (C=O) groups is 1. The first-order valence-electron chi connectivity index (χ1n) is 9.93. The summed E-state index contributed by atoms with van der Waals surface area (Å²) in [5.41, 5.74) is 1.50. The number of nitrogens with zero attached hydrogens (tertiary/aromatic N) is 4. The number of hydrogen-bond acceptors (Lipinski definition) is 5. The van der Waals surface area contributed by atoms with E-state index < -0.39 is 4.92 Å². The van der Waals surface area contributed by atoms with Crippen LogP contribution in [0.2, 0.25) is 5.02 Å². The van der Waals surface area contributed by atoms with E-state index in [2.05, 4.69) is 5.10 Å². The maximum atomic E-state index is 13.5. The normalized spacial score (nSPS) is 11.1. The van der Waals surface area contributed by atoms with Crippen molar-refractivity contribution < 1.29 is 9.72 Å². The smallest absolute Gasteiger partial charge is 0.344 e. The molecule has 0 aliphatic heterocycles. The Morgan fingerprint density at radius 1 is 1.12 bits per heavy atom. The van der Waals surface area contributed by atoms with Crippen LogP contribution in [0.25, 0.3) is 21.9 Å². The Labute approximate surface area is 187 Å². The zero-order chi connectivity index (χ0) is 23.0. The van der Waals surface area contributed by atoms with Gasteiger partial charge in [0.1, 0.15) is 12.7 Å². The molecule has 0 atom stereocenters. The summed E-state index contributed by atoms with van der Waals surface area (Å²) in [6.07, 6.45) is 0.174. The van der Waals surface area contributed by atoms with Gasteiger partial charge in [-0.25, -0.2) is 0 Å². The quantitative estimate of drug-likeness (QED) is 0.243. The third-order valence-electron chi connectivity index (χ3n) is 5.29. The number of rotatable bonds is 6. The first-order chi connectivity index (χ1) is 15.3. The molecule has 2 aromatic carbocycles. The molecule has 0 saturated carbocycles. The van der Waals surface area contributed by atoms with Gasteiger partial charge in [-0.2, -0.15) is 0 Å². The average Bonchev–Trinajstić information content (AvgIpc) is 3.15. The zero-order valence-corrected chi connectivity index (χ0v) is 18.2. The van der Waals surface area contributed by atoms with Crippen LogP contribution in [0.5, 0.6) is 0 Å². The molecule has 2 heterocycles. The molecule has 0 unspecified atom stereocenters. The Morgan fingerprint density at radius 2 is 1.84 bits per heavy atom. The van der Waals surface area contributed by atoms with E-state index in [-0.39, 0.29) is 35.8 Å². The first kappa shape index (κ1) is 21.5. The van der Waals surface area contributed by atoms with E-state index in [1.54, 1.807) is 25.1 Å². The molecule has 0 radical (unpaired) electrons. The van der Waals surface area contributed by atoms with E-state index in [0.29, 0.717) is 27.1 Å². The number of ketones is 1. The maximum absolute atomic E-state index is 13.5. The SMILES string of the molecule is CCC(=O)c1c(-c2ccccc2)c2cc(Cl)ccc2c(=O)n1Cc1cc([N+](=O)[O-])n(C)n1. The minimum Gasteiger partial charge on any atom is -0.358 e. The lowest BCUT2D eigenvalue weighted by molar-refractivity contribution is -0.392. The number of carbonyl (C=O) groups excluding carboxylic acids is 1. The second-order valence-corrected chi connectivity index (χ2v) is 7.76. The average molecular weight is 451 g/mol. The summed E-state index contributed by atoms with van der Waals surface area (Å²) >= 11 is 6.25. The molecular formula is C23H19ClN4O4. The molecule has 0 spiro atoms. The summed E-state index contributed by atoms with van der Waals surface area (Å²) in [4.78, 5) is 37.3. The molecule has 0 saturated heterocycles. The minimum atomic E-state index is -0.546. The molecule has 8 nitrogen and oxygen atoms in total. The summed E-state index contributed by atoms with van der Waals surface area (Å²) in [7, 11) is 1.46. The molecule has 32 heavy (non-hydrogen) atoms. The van der Waals surface area contributed by atoms with Crippen molar-refractivity contribution >= 4 is 34.0 Å². The van der Waals surface area contributed by atoms with E-state index in [1.165, 1.54) is 17.7 Å². The Balaban J connectivity index is 2.08. The topological polar surface area (TPSA) is 100 Å². The van der Waals surface area contributed by atoms with Gasteiger partial charge < -0.3 is 10.1 Å². The molecule has 0 amide bonds. The number of fused-ring (bicyclic) bond motifs is 1. The number of benzene rings is 2. The Bertz CT molecular complexity index is 1420. The summed E-state index contributed by atoms with van der Waals surface area (Å²) in [5, 5.41) is 16.8. The van der Waals surface area contributed by atoms with Crippen LogP contribution in [0.4, 0.5) is 5.82 Å². The van der Waals surface area contributed by atoms with E-state index in [9.17, 15) is 19.7 Å². The van der Waals surface area contributed by atoms with Crippen LogP contribution in [0.15, 0.2) is 59.4 Å². The number of Topliss-reactive ketones (excluding diaryl/α,β-unsaturated/α-hetero) is 1. The van der Waals surface area contributed by atoms with Crippen molar-refractivity contribution in [3.63, 3.8) is 0 Å². The molecule has 0 bridgehead atoms.